The van der Waals surface area contributed by atoms with E-state index in [1.54, 1.807) is 24.3 Å². The van der Waals surface area contributed by atoms with Gasteiger partial charge in [-0.15, -0.1) is 0 Å². The molecule has 0 unspecified atom stereocenters. The Balaban J connectivity index is 2.31. The van der Waals surface area contributed by atoms with E-state index in [1.807, 2.05) is 6.07 Å². The number of ketones is 2. The summed E-state index contributed by atoms with van der Waals surface area (Å²) < 4.78 is 0. The molecule has 3 heteroatoms. The molecule has 2 rings (SSSR count). The molecule has 0 radical (unpaired) electrons. The van der Waals surface area contributed by atoms with Crippen LogP contribution in [0.25, 0.3) is 0 Å². The molecule has 0 atom stereocenters. The first-order valence-corrected chi connectivity index (χ1v) is 4.92. The Kier molecular flexibility index (Phi) is 2.68. The number of allylic oxidation sites excluding steroid dienone is 3. The molecule has 0 aliphatic heterocycles. The number of benzene rings is 1. The Hall–Kier alpha value is -2.16. The number of aliphatic hydroxyl groups excluding tert-OH is 1. The van der Waals surface area contributed by atoms with Crippen LogP contribution >= 0.6 is 0 Å². The first-order chi connectivity index (χ1) is 7.68. The highest BCUT2D eigenvalue weighted by Crippen LogP contribution is 2.19. The molecule has 16 heavy (non-hydrogen) atoms. The van der Waals surface area contributed by atoms with Crippen LogP contribution in [0.5, 0.6) is 0 Å². The molecule has 1 aliphatic carbocycles. The highest BCUT2D eigenvalue weighted by Gasteiger charge is 2.19. The zero-order valence-electron chi connectivity index (χ0n) is 8.51. The highest BCUT2D eigenvalue weighted by atomic mass is 16.3. The zero-order valence-corrected chi connectivity index (χ0v) is 8.51. The number of Topliss-reactive ketones (excluding diaryl/α,β-unsaturated/α-hetero) is 1. The lowest BCUT2D eigenvalue weighted by Gasteiger charge is -2.09. The van der Waals surface area contributed by atoms with Gasteiger partial charge in [0.2, 0.25) is 0 Å². The predicted molar refractivity (Wildman–Crippen MR) is 59.2 cm³/mol. The highest BCUT2D eigenvalue weighted by molar-refractivity contribution is 6.13. The molecule has 1 N–H and O–H groups in total. The molecule has 0 bridgehead atoms. The summed E-state index contributed by atoms with van der Waals surface area (Å²) in [7, 11) is 0. The van der Waals surface area contributed by atoms with Crippen molar-refractivity contribution in [3.8, 4) is 0 Å². The third-order valence-electron chi connectivity index (χ3n) is 2.36. The summed E-state index contributed by atoms with van der Waals surface area (Å²) >= 11 is 0. The summed E-state index contributed by atoms with van der Waals surface area (Å²) in [6.45, 7) is 0. The maximum atomic E-state index is 11.9. The van der Waals surface area contributed by atoms with Crippen LogP contribution in [-0.2, 0) is 4.79 Å². The second kappa shape index (κ2) is 4.14. The number of rotatable bonds is 2. The van der Waals surface area contributed by atoms with Gasteiger partial charge in [-0.25, -0.2) is 0 Å². The number of carbonyl (C=O) groups is 2. The quantitative estimate of drug-likeness (QED) is 0.768. The standard InChI is InChI=1S/C13H10O3/c14-10-6-7-11(12(15)8-10)13(16)9-4-2-1-3-5-9/h1-5,7-8,15H,6H2. The van der Waals surface area contributed by atoms with Crippen molar-refractivity contribution >= 4 is 11.6 Å². The summed E-state index contributed by atoms with van der Waals surface area (Å²) in [5.74, 6) is -0.700. The number of carbonyl (C=O) groups excluding carboxylic acids is 2. The first kappa shape index (κ1) is 10.4. The molecule has 0 heterocycles. The summed E-state index contributed by atoms with van der Waals surface area (Å²) in [6, 6.07) is 8.66. The Morgan fingerprint density at radius 2 is 1.88 bits per heavy atom. The van der Waals surface area contributed by atoms with Gasteiger partial charge in [-0.2, -0.15) is 0 Å². The van der Waals surface area contributed by atoms with Crippen molar-refractivity contribution in [3.05, 3.63) is 59.4 Å². The SMILES string of the molecule is O=C1C=C(O)C(C(=O)c2ccccc2)=CC1. The fraction of sp³-hybridized carbons (Fsp3) is 0.0769. The normalized spacial score (nSPS) is 15.4. The molecule has 0 saturated carbocycles. The van der Waals surface area contributed by atoms with Crippen LogP contribution in [0.2, 0.25) is 0 Å². The minimum Gasteiger partial charge on any atom is -0.507 e. The second-order valence-electron chi connectivity index (χ2n) is 3.51. The lowest BCUT2D eigenvalue weighted by molar-refractivity contribution is -0.114. The van der Waals surface area contributed by atoms with E-state index in [0.29, 0.717) is 5.56 Å². The molecule has 1 aliphatic rings. The van der Waals surface area contributed by atoms with Crippen LogP contribution in [0, 0.1) is 0 Å². The molecular formula is C13H10O3. The molecule has 0 spiro atoms. The molecule has 0 fully saturated rings. The lowest BCUT2D eigenvalue weighted by Crippen LogP contribution is -2.11. The smallest absolute Gasteiger partial charge is 0.196 e. The van der Waals surface area contributed by atoms with Crippen LogP contribution in [0.3, 0.4) is 0 Å². The fourth-order valence-electron chi connectivity index (χ4n) is 1.55. The van der Waals surface area contributed by atoms with Crippen LogP contribution in [0.15, 0.2) is 53.8 Å². The Morgan fingerprint density at radius 1 is 1.19 bits per heavy atom. The van der Waals surface area contributed by atoms with Gasteiger partial charge in [-0.05, 0) is 0 Å². The van der Waals surface area contributed by atoms with Gasteiger partial charge < -0.3 is 5.11 Å². The Bertz CT molecular complexity index is 495. The molecule has 3 nitrogen and oxygen atoms in total. The Morgan fingerprint density at radius 3 is 2.50 bits per heavy atom. The van der Waals surface area contributed by atoms with Crippen LogP contribution in [0.4, 0.5) is 0 Å². The predicted octanol–water partition coefficient (Wildman–Crippen LogP) is 2.21. The van der Waals surface area contributed by atoms with Crippen molar-refractivity contribution in [2.45, 2.75) is 6.42 Å². The van der Waals surface area contributed by atoms with E-state index in [0.717, 1.165) is 6.08 Å². The van der Waals surface area contributed by atoms with Crippen LogP contribution in [-0.4, -0.2) is 16.7 Å². The minimum atomic E-state index is -0.262. The monoisotopic (exact) mass is 214 g/mol. The third kappa shape index (κ3) is 1.93. The molecule has 0 saturated heterocycles. The van der Waals surface area contributed by atoms with Gasteiger partial charge in [-0.1, -0.05) is 36.4 Å². The molecule has 0 amide bonds. The third-order valence-corrected chi connectivity index (χ3v) is 2.36. The van der Waals surface area contributed by atoms with E-state index < -0.39 is 0 Å². The van der Waals surface area contributed by atoms with E-state index in [9.17, 15) is 14.7 Å². The summed E-state index contributed by atoms with van der Waals surface area (Å²) in [5.41, 5.74) is 0.703. The van der Waals surface area contributed by atoms with Gasteiger partial charge in [0.15, 0.2) is 11.6 Å². The molecule has 1 aromatic rings. The fourth-order valence-corrected chi connectivity index (χ4v) is 1.55. The van der Waals surface area contributed by atoms with Gasteiger partial charge in [0.1, 0.15) is 5.76 Å². The van der Waals surface area contributed by atoms with E-state index >= 15 is 0 Å². The number of hydrogen-bond donors (Lipinski definition) is 1. The molecule has 80 valence electrons. The van der Waals surface area contributed by atoms with Gasteiger partial charge in [0.25, 0.3) is 0 Å². The van der Waals surface area contributed by atoms with Gasteiger partial charge in [0.05, 0.1) is 5.57 Å². The summed E-state index contributed by atoms with van der Waals surface area (Å²) in [4.78, 5) is 22.9. The maximum absolute atomic E-state index is 11.9. The van der Waals surface area contributed by atoms with E-state index in [-0.39, 0.29) is 29.3 Å². The topological polar surface area (TPSA) is 54.4 Å². The van der Waals surface area contributed by atoms with Crippen molar-refractivity contribution in [2.24, 2.45) is 0 Å². The molecule has 0 aromatic heterocycles. The van der Waals surface area contributed by atoms with Crippen molar-refractivity contribution in [3.63, 3.8) is 0 Å². The summed E-state index contributed by atoms with van der Waals surface area (Å²) in [6.07, 6.45) is 2.72. The number of hydrogen-bond acceptors (Lipinski definition) is 3. The molecular weight excluding hydrogens is 204 g/mol. The largest absolute Gasteiger partial charge is 0.507 e. The molecule has 1 aromatic carbocycles. The first-order valence-electron chi connectivity index (χ1n) is 4.92. The average molecular weight is 214 g/mol. The van der Waals surface area contributed by atoms with Crippen molar-refractivity contribution in [1.29, 1.82) is 0 Å². The van der Waals surface area contributed by atoms with Crippen molar-refractivity contribution in [1.82, 2.24) is 0 Å². The van der Waals surface area contributed by atoms with Gasteiger partial charge in [0, 0.05) is 18.1 Å². The average Bonchev–Trinajstić information content (AvgIpc) is 2.29. The maximum Gasteiger partial charge on any atom is 0.196 e. The van der Waals surface area contributed by atoms with E-state index in [1.165, 1.54) is 6.08 Å². The Labute approximate surface area is 92.7 Å². The zero-order chi connectivity index (χ0) is 11.5. The van der Waals surface area contributed by atoms with E-state index in [2.05, 4.69) is 0 Å². The van der Waals surface area contributed by atoms with Crippen molar-refractivity contribution < 1.29 is 14.7 Å². The summed E-state index contributed by atoms with van der Waals surface area (Å²) in [5, 5.41) is 9.52. The lowest BCUT2D eigenvalue weighted by atomic mass is 9.96. The van der Waals surface area contributed by atoms with Gasteiger partial charge in [-0.3, -0.25) is 9.59 Å². The van der Waals surface area contributed by atoms with Gasteiger partial charge >= 0.3 is 0 Å². The number of aliphatic hydroxyl groups is 1. The minimum absolute atomic E-state index is 0.165. The van der Waals surface area contributed by atoms with Crippen LogP contribution in [0.1, 0.15) is 16.8 Å². The van der Waals surface area contributed by atoms with Crippen LogP contribution < -0.4 is 0 Å². The van der Waals surface area contributed by atoms with Crippen molar-refractivity contribution in [2.75, 3.05) is 0 Å². The second-order valence-corrected chi connectivity index (χ2v) is 3.51. The van der Waals surface area contributed by atoms with E-state index in [4.69, 9.17) is 0 Å².